The minimum absolute atomic E-state index is 0.103. The zero-order valence-corrected chi connectivity index (χ0v) is 13.4. The third-order valence-electron chi connectivity index (χ3n) is 3.97. The number of para-hydroxylation sites is 1. The van der Waals surface area contributed by atoms with Crippen LogP contribution in [0.1, 0.15) is 16.1 Å². The number of aromatic nitrogens is 3. The Morgan fingerprint density at radius 3 is 1.92 bits per heavy atom. The molecule has 0 aliphatic rings. The highest BCUT2D eigenvalue weighted by Crippen LogP contribution is 2.25. The minimum Gasteiger partial charge on any atom is -0.287 e. The molecule has 0 amide bonds. The largest absolute Gasteiger partial charge is 0.287 e. The Hall–Kier alpha value is -3.53. The van der Waals surface area contributed by atoms with Crippen LogP contribution in [0.5, 0.6) is 0 Å². The molecule has 0 aliphatic carbocycles. The van der Waals surface area contributed by atoms with Gasteiger partial charge >= 0.3 is 0 Å². The van der Waals surface area contributed by atoms with E-state index in [1.54, 1.807) is 16.8 Å². The van der Waals surface area contributed by atoms with Crippen molar-refractivity contribution in [3.05, 3.63) is 102 Å². The van der Waals surface area contributed by atoms with Crippen LogP contribution in [0, 0.1) is 0 Å². The van der Waals surface area contributed by atoms with Crippen molar-refractivity contribution in [2.75, 3.05) is 0 Å². The molecule has 0 atom stereocenters. The van der Waals surface area contributed by atoms with E-state index in [1.807, 2.05) is 78.9 Å². The molecule has 0 saturated carbocycles. The molecule has 4 rings (SSSR count). The van der Waals surface area contributed by atoms with E-state index < -0.39 is 0 Å². The van der Waals surface area contributed by atoms with Crippen LogP contribution in [0.4, 0.5) is 0 Å². The lowest BCUT2D eigenvalue weighted by molar-refractivity contribution is 0.103. The van der Waals surface area contributed by atoms with E-state index in [9.17, 15) is 4.79 Å². The van der Waals surface area contributed by atoms with Gasteiger partial charge in [0.15, 0.2) is 0 Å². The summed E-state index contributed by atoms with van der Waals surface area (Å²) in [5.41, 5.74) is 3.32. The van der Waals surface area contributed by atoms with E-state index in [0.717, 1.165) is 11.3 Å². The zero-order chi connectivity index (χ0) is 17.1. The van der Waals surface area contributed by atoms with Crippen LogP contribution >= 0.6 is 0 Å². The van der Waals surface area contributed by atoms with Crippen molar-refractivity contribution in [2.45, 2.75) is 0 Å². The lowest BCUT2D eigenvalue weighted by atomic mass is 10.0. The number of hydrogen-bond acceptors (Lipinski definition) is 3. The van der Waals surface area contributed by atoms with Gasteiger partial charge in [-0.3, -0.25) is 4.79 Å². The van der Waals surface area contributed by atoms with Crippen LogP contribution in [0.3, 0.4) is 0 Å². The SMILES string of the molecule is O=C(c1ccccc1)c1c(-c2ccccc2)nnn1-c1ccccc1. The molecule has 120 valence electrons. The van der Waals surface area contributed by atoms with E-state index in [1.165, 1.54) is 0 Å². The highest BCUT2D eigenvalue weighted by molar-refractivity contribution is 6.11. The quantitative estimate of drug-likeness (QED) is 0.529. The van der Waals surface area contributed by atoms with Gasteiger partial charge in [0.1, 0.15) is 11.4 Å². The second-order valence-corrected chi connectivity index (χ2v) is 5.60. The van der Waals surface area contributed by atoms with Crippen LogP contribution in [-0.4, -0.2) is 20.8 Å². The van der Waals surface area contributed by atoms with Crippen molar-refractivity contribution in [1.29, 1.82) is 0 Å². The molecule has 0 spiro atoms. The molecule has 25 heavy (non-hydrogen) atoms. The summed E-state index contributed by atoms with van der Waals surface area (Å²) < 4.78 is 1.61. The molecule has 0 N–H and O–H groups in total. The maximum absolute atomic E-state index is 13.2. The monoisotopic (exact) mass is 325 g/mol. The Balaban J connectivity index is 1.93. The number of rotatable bonds is 4. The van der Waals surface area contributed by atoms with Gasteiger partial charge in [0.2, 0.25) is 5.78 Å². The molecule has 0 saturated heterocycles. The minimum atomic E-state index is -0.103. The fourth-order valence-electron chi connectivity index (χ4n) is 2.75. The van der Waals surface area contributed by atoms with Gasteiger partial charge < -0.3 is 0 Å². The summed E-state index contributed by atoms with van der Waals surface area (Å²) in [6.45, 7) is 0. The number of carbonyl (C=O) groups is 1. The van der Waals surface area contributed by atoms with Crippen molar-refractivity contribution in [3.63, 3.8) is 0 Å². The fraction of sp³-hybridized carbons (Fsp3) is 0. The van der Waals surface area contributed by atoms with E-state index in [4.69, 9.17) is 0 Å². The Morgan fingerprint density at radius 2 is 1.28 bits per heavy atom. The first-order valence-electron chi connectivity index (χ1n) is 8.01. The Bertz CT molecular complexity index is 936. The van der Waals surface area contributed by atoms with Crippen molar-refractivity contribution < 1.29 is 4.79 Å². The topological polar surface area (TPSA) is 47.8 Å². The molecule has 1 aromatic heterocycles. The molecule has 4 heteroatoms. The predicted molar refractivity (Wildman–Crippen MR) is 96.7 cm³/mol. The maximum atomic E-state index is 13.2. The van der Waals surface area contributed by atoms with Crippen LogP contribution in [-0.2, 0) is 0 Å². The first-order valence-corrected chi connectivity index (χ1v) is 8.01. The van der Waals surface area contributed by atoms with Crippen molar-refractivity contribution in [1.82, 2.24) is 15.0 Å². The summed E-state index contributed by atoms with van der Waals surface area (Å²) in [4.78, 5) is 13.2. The Morgan fingerprint density at radius 1 is 0.720 bits per heavy atom. The number of benzene rings is 3. The molecule has 0 fully saturated rings. The molecule has 0 bridgehead atoms. The smallest absolute Gasteiger partial charge is 0.213 e. The number of carbonyl (C=O) groups excluding carboxylic acids is 1. The molecule has 0 unspecified atom stereocenters. The van der Waals surface area contributed by atoms with Gasteiger partial charge in [0.05, 0.1) is 5.69 Å². The third-order valence-corrected chi connectivity index (χ3v) is 3.97. The summed E-state index contributed by atoms with van der Waals surface area (Å²) in [5, 5.41) is 8.56. The Kier molecular flexibility index (Phi) is 3.92. The van der Waals surface area contributed by atoms with Gasteiger partial charge in [-0.05, 0) is 12.1 Å². The standard InChI is InChI=1S/C21H15N3O/c25-21(17-12-6-2-7-13-17)20-19(16-10-4-1-5-11-16)22-23-24(20)18-14-8-3-9-15-18/h1-15H. The summed E-state index contributed by atoms with van der Waals surface area (Å²) in [6, 6.07) is 28.4. The summed E-state index contributed by atoms with van der Waals surface area (Å²) in [6.07, 6.45) is 0. The van der Waals surface area contributed by atoms with E-state index in [-0.39, 0.29) is 5.78 Å². The zero-order valence-electron chi connectivity index (χ0n) is 13.4. The fourth-order valence-corrected chi connectivity index (χ4v) is 2.75. The maximum Gasteiger partial charge on any atom is 0.213 e. The second kappa shape index (κ2) is 6.53. The molecule has 0 radical (unpaired) electrons. The van der Waals surface area contributed by atoms with Crippen LogP contribution in [0.2, 0.25) is 0 Å². The highest BCUT2D eigenvalue weighted by atomic mass is 16.1. The van der Waals surface area contributed by atoms with Gasteiger partial charge in [-0.15, -0.1) is 5.10 Å². The molecular weight excluding hydrogens is 310 g/mol. The molecular formula is C21H15N3O. The summed E-state index contributed by atoms with van der Waals surface area (Å²) >= 11 is 0. The van der Waals surface area contributed by atoms with Crippen LogP contribution in [0.25, 0.3) is 16.9 Å². The summed E-state index contributed by atoms with van der Waals surface area (Å²) in [7, 11) is 0. The summed E-state index contributed by atoms with van der Waals surface area (Å²) in [5.74, 6) is -0.103. The second-order valence-electron chi connectivity index (χ2n) is 5.60. The normalized spacial score (nSPS) is 10.6. The Labute approximate surface area is 145 Å². The molecule has 0 aliphatic heterocycles. The first-order chi connectivity index (χ1) is 12.3. The van der Waals surface area contributed by atoms with E-state index in [2.05, 4.69) is 10.3 Å². The predicted octanol–water partition coefficient (Wildman–Crippen LogP) is 4.17. The highest BCUT2D eigenvalue weighted by Gasteiger charge is 2.23. The average Bonchev–Trinajstić information content (AvgIpc) is 3.14. The van der Waals surface area contributed by atoms with E-state index >= 15 is 0 Å². The lowest BCUT2D eigenvalue weighted by Crippen LogP contribution is -2.11. The van der Waals surface area contributed by atoms with Gasteiger partial charge in [0, 0.05) is 11.1 Å². The van der Waals surface area contributed by atoms with Crippen molar-refractivity contribution >= 4 is 5.78 Å². The first kappa shape index (κ1) is 15.0. The average molecular weight is 325 g/mol. The lowest BCUT2D eigenvalue weighted by Gasteiger charge is -2.07. The number of nitrogens with zero attached hydrogens (tertiary/aromatic N) is 3. The van der Waals surface area contributed by atoms with E-state index in [0.29, 0.717) is 17.0 Å². The van der Waals surface area contributed by atoms with Gasteiger partial charge in [-0.25, -0.2) is 4.68 Å². The van der Waals surface area contributed by atoms with Crippen LogP contribution in [0.15, 0.2) is 91.0 Å². The van der Waals surface area contributed by atoms with Crippen molar-refractivity contribution in [2.24, 2.45) is 0 Å². The van der Waals surface area contributed by atoms with Crippen LogP contribution < -0.4 is 0 Å². The number of ketones is 1. The van der Waals surface area contributed by atoms with Gasteiger partial charge in [-0.1, -0.05) is 84.1 Å². The number of hydrogen-bond donors (Lipinski definition) is 0. The molecule has 1 heterocycles. The molecule has 4 nitrogen and oxygen atoms in total. The third kappa shape index (κ3) is 2.85. The van der Waals surface area contributed by atoms with Crippen molar-refractivity contribution in [3.8, 4) is 16.9 Å². The van der Waals surface area contributed by atoms with Gasteiger partial charge in [0.25, 0.3) is 0 Å². The van der Waals surface area contributed by atoms with Gasteiger partial charge in [-0.2, -0.15) is 0 Å². The molecule has 4 aromatic rings. The molecule has 3 aromatic carbocycles.